The van der Waals surface area contributed by atoms with Crippen molar-refractivity contribution in [3.05, 3.63) is 17.6 Å². The molecule has 1 spiro atoms. The molecular formula is C17H27N3O. The van der Waals surface area contributed by atoms with E-state index in [1.807, 2.05) is 0 Å². The summed E-state index contributed by atoms with van der Waals surface area (Å²) in [7, 11) is 1.72. The predicted molar refractivity (Wildman–Crippen MR) is 84.6 cm³/mol. The van der Waals surface area contributed by atoms with E-state index >= 15 is 0 Å². The van der Waals surface area contributed by atoms with Crippen molar-refractivity contribution in [3.63, 3.8) is 0 Å². The lowest BCUT2D eigenvalue weighted by atomic mass is 9.68. The molecule has 3 rings (SSSR count). The molecule has 0 aromatic carbocycles. The molecule has 0 radical (unpaired) electrons. The van der Waals surface area contributed by atoms with Gasteiger partial charge in [-0.05, 0) is 24.7 Å². The van der Waals surface area contributed by atoms with Crippen molar-refractivity contribution < 1.29 is 4.74 Å². The number of aromatic nitrogens is 2. The van der Waals surface area contributed by atoms with Crippen molar-refractivity contribution in [3.8, 4) is 0 Å². The largest absolute Gasteiger partial charge is 0.378 e. The van der Waals surface area contributed by atoms with Gasteiger partial charge in [0, 0.05) is 31.7 Å². The van der Waals surface area contributed by atoms with Gasteiger partial charge in [0.15, 0.2) is 0 Å². The highest BCUT2D eigenvalue weighted by atomic mass is 16.5. The van der Waals surface area contributed by atoms with Gasteiger partial charge in [-0.15, -0.1) is 0 Å². The summed E-state index contributed by atoms with van der Waals surface area (Å²) < 4.78 is 5.28. The van der Waals surface area contributed by atoms with Gasteiger partial charge >= 0.3 is 0 Å². The number of rotatable bonds is 3. The molecule has 1 aromatic heterocycles. The molecule has 4 nitrogen and oxygen atoms in total. The molecule has 1 aliphatic carbocycles. The minimum atomic E-state index is -0.0353. The third-order valence-corrected chi connectivity index (χ3v) is 4.91. The van der Waals surface area contributed by atoms with E-state index in [1.165, 1.54) is 32.2 Å². The van der Waals surface area contributed by atoms with E-state index in [9.17, 15) is 0 Å². The minimum absolute atomic E-state index is 0.0353. The molecule has 1 saturated heterocycles. The number of nitrogens with zero attached hydrogens (tertiary/aromatic N) is 3. The fraction of sp³-hybridized carbons (Fsp3) is 0.765. The number of methoxy groups -OCH3 is 1. The third-order valence-electron chi connectivity index (χ3n) is 4.91. The summed E-state index contributed by atoms with van der Waals surface area (Å²) in [5, 5.41) is 0. The molecule has 0 amide bonds. The highest BCUT2D eigenvalue weighted by molar-refractivity contribution is 5.42. The van der Waals surface area contributed by atoms with Crippen LogP contribution in [0.2, 0.25) is 0 Å². The van der Waals surface area contributed by atoms with Gasteiger partial charge in [0.2, 0.25) is 0 Å². The first-order valence-corrected chi connectivity index (χ1v) is 8.04. The van der Waals surface area contributed by atoms with Crippen molar-refractivity contribution >= 4 is 5.82 Å². The van der Waals surface area contributed by atoms with Gasteiger partial charge < -0.3 is 9.64 Å². The second-order valence-electron chi connectivity index (χ2n) is 7.75. The highest BCUT2D eigenvalue weighted by Crippen LogP contribution is 2.48. The lowest BCUT2D eigenvalue weighted by molar-refractivity contribution is 0.165. The molecule has 2 fully saturated rings. The third kappa shape index (κ3) is 2.91. The zero-order valence-corrected chi connectivity index (χ0v) is 13.8. The van der Waals surface area contributed by atoms with Crippen LogP contribution in [0, 0.1) is 5.41 Å². The average Bonchev–Trinajstić information content (AvgIpc) is 2.83. The Hall–Kier alpha value is -1.16. The Labute approximate surface area is 127 Å². The van der Waals surface area contributed by atoms with E-state index in [0.717, 1.165) is 23.9 Å². The lowest BCUT2D eigenvalue weighted by Gasteiger charge is -2.38. The molecule has 0 unspecified atom stereocenters. The molecule has 21 heavy (non-hydrogen) atoms. The van der Waals surface area contributed by atoms with Gasteiger partial charge in [-0.3, -0.25) is 0 Å². The first-order chi connectivity index (χ1) is 9.92. The van der Waals surface area contributed by atoms with Crippen molar-refractivity contribution in [2.45, 2.75) is 58.5 Å². The average molecular weight is 289 g/mol. The van der Waals surface area contributed by atoms with Crippen molar-refractivity contribution in [2.75, 3.05) is 25.1 Å². The standard InChI is InChI=1S/C17H27N3O/c1-16(2,3)15-18-13(11-21-4)10-14(19-15)20-9-8-17(12-20)6-5-7-17/h10H,5-9,11-12H2,1-4H3. The smallest absolute Gasteiger partial charge is 0.136 e. The van der Waals surface area contributed by atoms with E-state index in [1.54, 1.807) is 7.11 Å². The van der Waals surface area contributed by atoms with Crippen LogP contribution in [0.25, 0.3) is 0 Å². The molecule has 2 heterocycles. The number of hydrogen-bond donors (Lipinski definition) is 0. The second kappa shape index (κ2) is 5.24. The zero-order valence-electron chi connectivity index (χ0n) is 13.8. The maximum Gasteiger partial charge on any atom is 0.136 e. The summed E-state index contributed by atoms with van der Waals surface area (Å²) >= 11 is 0. The Morgan fingerprint density at radius 2 is 2.00 bits per heavy atom. The van der Waals surface area contributed by atoms with E-state index in [0.29, 0.717) is 12.0 Å². The molecule has 1 saturated carbocycles. The van der Waals surface area contributed by atoms with E-state index in [4.69, 9.17) is 9.72 Å². The Morgan fingerprint density at radius 3 is 2.52 bits per heavy atom. The normalized spacial score (nSPS) is 20.9. The van der Waals surface area contributed by atoms with Gasteiger partial charge in [-0.25, -0.2) is 9.97 Å². The van der Waals surface area contributed by atoms with Crippen LogP contribution >= 0.6 is 0 Å². The van der Waals surface area contributed by atoms with Crippen LogP contribution in [0.1, 0.15) is 58.0 Å². The predicted octanol–water partition coefficient (Wildman–Crippen LogP) is 3.30. The Kier molecular flexibility index (Phi) is 3.68. The fourth-order valence-electron chi connectivity index (χ4n) is 3.42. The number of anilines is 1. The number of hydrogen-bond acceptors (Lipinski definition) is 4. The summed E-state index contributed by atoms with van der Waals surface area (Å²) in [5.74, 6) is 2.01. The van der Waals surface area contributed by atoms with Gasteiger partial charge in [0.05, 0.1) is 12.3 Å². The van der Waals surface area contributed by atoms with Gasteiger partial charge in [0.25, 0.3) is 0 Å². The van der Waals surface area contributed by atoms with Gasteiger partial charge in [-0.2, -0.15) is 0 Å². The van der Waals surface area contributed by atoms with Crippen LogP contribution < -0.4 is 4.90 Å². The highest BCUT2D eigenvalue weighted by Gasteiger charge is 2.43. The quantitative estimate of drug-likeness (QED) is 0.855. The summed E-state index contributed by atoms with van der Waals surface area (Å²) in [6.45, 7) is 9.35. The summed E-state index contributed by atoms with van der Waals surface area (Å²) in [6.07, 6.45) is 5.51. The summed E-state index contributed by atoms with van der Waals surface area (Å²) in [4.78, 5) is 12.0. The maximum absolute atomic E-state index is 5.28. The van der Waals surface area contributed by atoms with Gasteiger partial charge in [-0.1, -0.05) is 27.2 Å². The molecule has 116 valence electrons. The molecule has 0 N–H and O–H groups in total. The van der Waals surface area contributed by atoms with E-state index in [2.05, 4.69) is 36.7 Å². The summed E-state index contributed by atoms with van der Waals surface area (Å²) in [5.41, 5.74) is 1.54. The first kappa shape index (κ1) is 14.8. The first-order valence-electron chi connectivity index (χ1n) is 8.04. The Morgan fingerprint density at radius 1 is 1.24 bits per heavy atom. The molecule has 2 aliphatic rings. The Balaban J connectivity index is 1.88. The van der Waals surface area contributed by atoms with Gasteiger partial charge in [0.1, 0.15) is 11.6 Å². The van der Waals surface area contributed by atoms with Crippen molar-refractivity contribution in [2.24, 2.45) is 5.41 Å². The van der Waals surface area contributed by atoms with E-state index in [-0.39, 0.29) is 5.41 Å². The molecule has 4 heteroatoms. The van der Waals surface area contributed by atoms with E-state index < -0.39 is 0 Å². The molecule has 0 bridgehead atoms. The van der Waals surface area contributed by atoms with Crippen LogP contribution in [0.5, 0.6) is 0 Å². The summed E-state index contributed by atoms with van der Waals surface area (Å²) in [6, 6.07) is 2.11. The zero-order chi connectivity index (χ0) is 15.1. The second-order valence-corrected chi connectivity index (χ2v) is 7.75. The molecular weight excluding hydrogens is 262 g/mol. The Bertz CT molecular complexity index is 517. The topological polar surface area (TPSA) is 38.2 Å². The molecule has 1 aromatic rings. The van der Waals surface area contributed by atoms with Crippen molar-refractivity contribution in [1.29, 1.82) is 0 Å². The molecule has 0 atom stereocenters. The monoisotopic (exact) mass is 289 g/mol. The molecule has 1 aliphatic heterocycles. The maximum atomic E-state index is 5.28. The van der Waals surface area contributed by atoms with Crippen LogP contribution in [0.3, 0.4) is 0 Å². The van der Waals surface area contributed by atoms with Crippen LogP contribution in [-0.2, 0) is 16.8 Å². The SMILES string of the molecule is COCc1cc(N2CCC3(CCC3)C2)nc(C(C)(C)C)n1. The van der Waals surface area contributed by atoms with Crippen LogP contribution in [0.15, 0.2) is 6.07 Å². The minimum Gasteiger partial charge on any atom is -0.378 e. The van der Waals surface area contributed by atoms with Crippen LogP contribution in [0.4, 0.5) is 5.82 Å². The number of ether oxygens (including phenoxy) is 1. The lowest BCUT2D eigenvalue weighted by Crippen LogP contribution is -2.33. The fourth-order valence-corrected chi connectivity index (χ4v) is 3.42. The van der Waals surface area contributed by atoms with Crippen molar-refractivity contribution in [1.82, 2.24) is 9.97 Å². The van der Waals surface area contributed by atoms with Crippen LogP contribution in [-0.4, -0.2) is 30.2 Å².